The minimum Gasteiger partial charge on any atom is -0.478 e. The number of hydrogen-bond donors (Lipinski definition) is 2. The van der Waals surface area contributed by atoms with Crippen LogP contribution in [0.2, 0.25) is 0 Å². The molecule has 25 heavy (non-hydrogen) atoms. The second kappa shape index (κ2) is 6.27. The van der Waals surface area contributed by atoms with Gasteiger partial charge in [-0.05, 0) is 6.07 Å². The lowest BCUT2D eigenvalue weighted by Gasteiger charge is -2.11. The van der Waals surface area contributed by atoms with Gasteiger partial charge in [0, 0.05) is 12.1 Å². The largest absolute Gasteiger partial charge is 0.478 e. The minimum atomic E-state index is -5.14. The van der Waals surface area contributed by atoms with Crippen LogP contribution >= 0.6 is 0 Å². The van der Waals surface area contributed by atoms with Crippen LogP contribution in [0, 0.1) is 34.9 Å². The van der Waals surface area contributed by atoms with E-state index in [2.05, 4.69) is 0 Å². The zero-order valence-electron chi connectivity index (χ0n) is 11.6. The maximum absolute atomic E-state index is 13.7. The van der Waals surface area contributed by atoms with Crippen LogP contribution in [-0.4, -0.2) is 19.5 Å². The molecule has 134 valence electrons. The molecule has 0 radical (unpaired) electrons. The molecule has 0 atom stereocenters. The van der Waals surface area contributed by atoms with Gasteiger partial charge in [-0.15, -0.1) is 0 Å². The SMILES string of the molecule is O=C(O)c1cc(S(=O)(=O)Nc2cc(F)c(F)c(F)c2)c(F)c(F)c1F. The van der Waals surface area contributed by atoms with Gasteiger partial charge >= 0.3 is 5.97 Å². The number of sulfonamides is 1. The summed E-state index contributed by atoms with van der Waals surface area (Å²) in [5.74, 6) is -14.3. The van der Waals surface area contributed by atoms with Gasteiger partial charge in [-0.25, -0.2) is 39.6 Å². The number of anilines is 1. The highest BCUT2D eigenvalue weighted by Gasteiger charge is 2.29. The summed E-state index contributed by atoms with van der Waals surface area (Å²) in [6, 6.07) is 0.381. The molecule has 0 aliphatic heterocycles. The van der Waals surface area contributed by atoms with E-state index in [9.17, 15) is 39.6 Å². The number of rotatable bonds is 4. The Hall–Kier alpha value is -2.76. The van der Waals surface area contributed by atoms with E-state index >= 15 is 0 Å². The van der Waals surface area contributed by atoms with E-state index in [0.717, 1.165) is 0 Å². The fourth-order valence-electron chi connectivity index (χ4n) is 1.76. The number of benzene rings is 2. The average molecular weight is 385 g/mol. The molecule has 0 aromatic heterocycles. The lowest BCUT2D eigenvalue weighted by Crippen LogP contribution is -2.18. The molecule has 2 rings (SSSR count). The zero-order chi connectivity index (χ0) is 19.1. The Kier molecular flexibility index (Phi) is 4.66. The Bertz CT molecular complexity index is 969. The first-order valence-electron chi connectivity index (χ1n) is 6.04. The highest BCUT2D eigenvalue weighted by molar-refractivity contribution is 7.92. The minimum absolute atomic E-state index is 0.0192. The molecule has 0 unspecified atom stereocenters. The van der Waals surface area contributed by atoms with Crippen molar-refractivity contribution in [2.45, 2.75) is 4.90 Å². The van der Waals surface area contributed by atoms with Crippen molar-refractivity contribution in [1.82, 2.24) is 0 Å². The summed E-state index contributed by atoms with van der Waals surface area (Å²) in [6.07, 6.45) is 0. The molecule has 0 spiro atoms. The summed E-state index contributed by atoms with van der Waals surface area (Å²) in [5, 5.41) is 8.68. The Morgan fingerprint density at radius 1 is 0.840 bits per heavy atom. The molecule has 2 N–H and O–H groups in total. The Balaban J connectivity index is 2.59. The predicted molar refractivity (Wildman–Crippen MR) is 70.4 cm³/mol. The van der Waals surface area contributed by atoms with Gasteiger partial charge in [0.2, 0.25) is 0 Å². The monoisotopic (exact) mass is 385 g/mol. The van der Waals surface area contributed by atoms with Gasteiger partial charge in [0.05, 0.1) is 11.3 Å². The van der Waals surface area contributed by atoms with Gasteiger partial charge in [-0.3, -0.25) is 4.72 Å². The molecular formula is C13H5F6NO4S. The van der Waals surface area contributed by atoms with Crippen LogP contribution in [0.25, 0.3) is 0 Å². The lowest BCUT2D eigenvalue weighted by molar-refractivity contribution is 0.0690. The fourth-order valence-corrected chi connectivity index (χ4v) is 2.89. The molecule has 0 heterocycles. The predicted octanol–water partition coefficient (Wildman–Crippen LogP) is 3.02. The number of aromatic carboxylic acids is 1. The molecule has 0 bridgehead atoms. The first kappa shape index (κ1) is 18.6. The third-order valence-corrected chi connectivity index (χ3v) is 4.25. The molecule has 0 aliphatic carbocycles. The van der Waals surface area contributed by atoms with E-state index in [1.165, 1.54) is 4.72 Å². The van der Waals surface area contributed by atoms with E-state index in [1.54, 1.807) is 0 Å². The molecule has 2 aromatic rings. The summed E-state index contributed by atoms with van der Waals surface area (Å²) >= 11 is 0. The molecule has 12 heteroatoms. The second-order valence-corrected chi connectivity index (χ2v) is 6.18. The number of carbonyl (C=O) groups is 1. The Labute approximate surface area is 135 Å². The highest BCUT2D eigenvalue weighted by Crippen LogP contribution is 2.26. The summed E-state index contributed by atoms with van der Waals surface area (Å²) < 4.78 is 105. The first-order valence-corrected chi connectivity index (χ1v) is 7.52. The maximum atomic E-state index is 13.7. The molecule has 0 saturated carbocycles. The lowest BCUT2D eigenvalue weighted by atomic mass is 10.2. The van der Waals surface area contributed by atoms with E-state index in [4.69, 9.17) is 5.11 Å². The Morgan fingerprint density at radius 3 is 1.84 bits per heavy atom. The molecule has 2 aromatic carbocycles. The van der Waals surface area contributed by atoms with Crippen molar-refractivity contribution in [2.24, 2.45) is 0 Å². The van der Waals surface area contributed by atoms with Crippen LogP contribution in [0.3, 0.4) is 0 Å². The fraction of sp³-hybridized carbons (Fsp3) is 0. The van der Waals surface area contributed by atoms with Crippen molar-refractivity contribution in [1.29, 1.82) is 0 Å². The highest BCUT2D eigenvalue weighted by atomic mass is 32.2. The normalized spacial score (nSPS) is 11.4. The second-order valence-electron chi connectivity index (χ2n) is 4.53. The van der Waals surface area contributed by atoms with Crippen LogP contribution in [0.15, 0.2) is 23.1 Å². The summed E-state index contributed by atoms with van der Waals surface area (Å²) in [7, 11) is -5.14. The molecule has 0 saturated heterocycles. The van der Waals surface area contributed by atoms with Crippen molar-refractivity contribution in [3.63, 3.8) is 0 Å². The van der Waals surface area contributed by atoms with Gasteiger partial charge in [0.1, 0.15) is 4.90 Å². The average Bonchev–Trinajstić information content (AvgIpc) is 2.49. The molecule has 0 aliphatic rings. The third kappa shape index (κ3) is 3.38. The third-order valence-electron chi connectivity index (χ3n) is 2.87. The van der Waals surface area contributed by atoms with Crippen LogP contribution < -0.4 is 4.72 Å². The van der Waals surface area contributed by atoms with Gasteiger partial charge in [0.15, 0.2) is 34.9 Å². The van der Waals surface area contributed by atoms with Crippen molar-refractivity contribution in [2.75, 3.05) is 4.72 Å². The molecule has 0 amide bonds. The summed E-state index contributed by atoms with van der Waals surface area (Å²) in [6.45, 7) is 0. The number of halogens is 6. The molecular weight excluding hydrogens is 380 g/mol. The van der Waals surface area contributed by atoms with E-state index < -0.39 is 67.0 Å². The molecule has 5 nitrogen and oxygen atoms in total. The van der Waals surface area contributed by atoms with Crippen molar-refractivity contribution in [3.05, 3.63) is 58.7 Å². The van der Waals surface area contributed by atoms with Crippen LogP contribution in [-0.2, 0) is 10.0 Å². The smallest absolute Gasteiger partial charge is 0.338 e. The maximum Gasteiger partial charge on any atom is 0.338 e. The number of hydrogen-bond acceptors (Lipinski definition) is 3. The zero-order valence-corrected chi connectivity index (χ0v) is 12.4. The number of carboxylic acids is 1. The van der Waals surface area contributed by atoms with Gasteiger partial charge < -0.3 is 5.11 Å². The van der Waals surface area contributed by atoms with Crippen LogP contribution in [0.4, 0.5) is 32.0 Å². The van der Waals surface area contributed by atoms with Crippen LogP contribution in [0.5, 0.6) is 0 Å². The van der Waals surface area contributed by atoms with Gasteiger partial charge in [-0.1, -0.05) is 0 Å². The van der Waals surface area contributed by atoms with Crippen molar-refractivity contribution < 1.29 is 44.7 Å². The first-order chi connectivity index (χ1) is 11.5. The van der Waals surface area contributed by atoms with Gasteiger partial charge in [-0.2, -0.15) is 0 Å². The summed E-state index contributed by atoms with van der Waals surface area (Å²) in [4.78, 5) is 9.13. The van der Waals surface area contributed by atoms with E-state index in [-0.39, 0.29) is 18.2 Å². The topological polar surface area (TPSA) is 83.5 Å². The quantitative estimate of drug-likeness (QED) is 0.626. The molecule has 0 fully saturated rings. The summed E-state index contributed by atoms with van der Waals surface area (Å²) in [5.41, 5.74) is -2.40. The van der Waals surface area contributed by atoms with Crippen molar-refractivity contribution >= 4 is 21.7 Å². The van der Waals surface area contributed by atoms with E-state index in [0.29, 0.717) is 0 Å². The van der Waals surface area contributed by atoms with Gasteiger partial charge in [0.25, 0.3) is 10.0 Å². The van der Waals surface area contributed by atoms with Crippen LogP contribution in [0.1, 0.15) is 10.4 Å². The number of carboxylic acid groups (broad SMARTS) is 1. The number of nitrogens with one attached hydrogen (secondary N) is 1. The van der Waals surface area contributed by atoms with E-state index in [1.807, 2.05) is 0 Å². The Morgan fingerprint density at radius 2 is 1.36 bits per heavy atom. The van der Waals surface area contributed by atoms with Crippen molar-refractivity contribution in [3.8, 4) is 0 Å². The standard InChI is InChI=1S/C13H5F6NO4S/c14-6-1-4(2-7(15)10(6)17)20-25(23,24)8-3-5(13(21)22)9(16)12(19)11(8)18/h1-3,20H,(H,21,22).